The van der Waals surface area contributed by atoms with Gasteiger partial charge in [-0.25, -0.2) is 0 Å². The molecule has 0 spiro atoms. The lowest BCUT2D eigenvalue weighted by Gasteiger charge is -2.37. The summed E-state index contributed by atoms with van der Waals surface area (Å²) >= 11 is 0. The average molecular weight is 432 g/mol. The number of nitrogens with zero attached hydrogens (tertiary/aromatic N) is 1. The van der Waals surface area contributed by atoms with Crippen LogP contribution in [0.2, 0.25) is 0 Å². The second kappa shape index (κ2) is 10.5. The van der Waals surface area contributed by atoms with E-state index in [0.29, 0.717) is 6.61 Å². The van der Waals surface area contributed by atoms with E-state index in [0.717, 1.165) is 48.5 Å². The summed E-state index contributed by atoms with van der Waals surface area (Å²) in [4.78, 5) is 2.22. The highest BCUT2D eigenvalue weighted by atomic mass is 19.1. The zero-order chi connectivity index (χ0) is 22.3. The van der Waals surface area contributed by atoms with Crippen LogP contribution in [0.3, 0.4) is 0 Å². The summed E-state index contributed by atoms with van der Waals surface area (Å²) in [6.07, 6.45) is 0.883. The molecule has 3 nitrogen and oxygen atoms in total. The number of aromatic hydroxyl groups is 1. The van der Waals surface area contributed by atoms with Crippen LogP contribution in [0.15, 0.2) is 78.9 Å². The number of ether oxygens (including phenoxy) is 1. The lowest BCUT2D eigenvalue weighted by atomic mass is 9.88. The van der Waals surface area contributed by atoms with Crippen LogP contribution < -0.4 is 4.74 Å². The number of halogens is 1. The van der Waals surface area contributed by atoms with Crippen LogP contribution in [0.5, 0.6) is 11.5 Å². The third-order valence-corrected chi connectivity index (χ3v) is 6.00. The molecule has 1 fully saturated rings. The maximum absolute atomic E-state index is 12.6. The Kier molecular flexibility index (Phi) is 7.23. The van der Waals surface area contributed by atoms with Gasteiger partial charge in [0.15, 0.2) is 0 Å². The summed E-state index contributed by atoms with van der Waals surface area (Å²) in [7, 11) is 0. The van der Waals surface area contributed by atoms with Gasteiger partial charge in [-0.15, -0.1) is 0 Å². The third-order valence-electron chi connectivity index (χ3n) is 6.00. The molecule has 1 aliphatic heterocycles. The minimum atomic E-state index is -0.224. The van der Waals surface area contributed by atoms with Gasteiger partial charge in [-0.3, -0.25) is 9.29 Å². The van der Waals surface area contributed by atoms with Gasteiger partial charge in [0.25, 0.3) is 0 Å². The van der Waals surface area contributed by atoms with Crippen LogP contribution in [-0.2, 0) is 0 Å². The molecule has 0 atom stereocenters. The number of hydrogen-bond donors (Lipinski definition) is 1. The molecule has 166 valence electrons. The fourth-order valence-corrected chi connectivity index (χ4v) is 4.28. The topological polar surface area (TPSA) is 32.7 Å². The maximum Gasteiger partial charge on any atom is 0.119 e. The smallest absolute Gasteiger partial charge is 0.119 e. The molecule has 1 saturated heterocycles. The second-order valence-electron chi connectivity index (χ2n) is 8.27. The first-order valence-corrected chi connectivity index (χ1v) is 11.3. The summed E-state index contributed by atoms with van der Waals surface area (Å²) in [6, 6.07) is 26.0. The van der Waals surface area contributed by atoms with E-state index in [1.54, 1.807) is 12.1 Å². The molecular weight excluding hydrogens is 401 g/mol. The number of rotatable bonds is 9. The van der Waals surface area contributed by atoms with E-state index >= 15 is 0 Å². The predicted octanol–water partition coefficient (Wildman–Crippen LogP) is 6.04. The quantitative estimate of drug-likeness (QED) is 0.419. The molecule has 4 heteroatoms. The Hall–Kier alpha value is -3.11. The van der Waals surface area contributed by atoms with E-state index in [-0.39, 0.29) is 18.3 Å². The Morgan fingerprint density at radius 1 is 0.906 bits per heavy atom. The minimum Gasteiger partial charge on any atom is -0.508 e. The van der Waals surface area contributed by atoms with Gasteiger partial charge in [0.1, 0.15) is 18.1 Å². The molecule has 0 aliphatic carbocycles. The zero-order valence-electron chi connectivity index (χ0n) is 18.5. The summed E-state index contributed by atoms with van der Waals surface area (Å²) in [5.41, 5.74) is 5.78. The monoisotopic (exact) mass is 431 g/mol. The van der Waals surface area contributed by atoms with Crippen LogP contribution in [0.4, 0.5) is 4.39 Å². The lowest BCUT2D eigenvalue weighted by Crippen LogP contribution is -2.49. The van der Waals surface area contributed by atoms with E-state index in [4.69, 9.17) is 4.74 Å². The first-order chi connectivity index (χ1) is 15.7. The van der Waals surface area contributed by atoms with E-state index in [1.807, 2.05) is 30.3 Å². The fourth-order valence-electron chi connectivity index (χ4n) is 4.28. The zero-order valence-corrected chi connectivity index (χ0v) is 18.5. The third kappa shape index (κ3) is 5.20. The van der Waals surface area contributed by atoms with Crippen molar-refractivity contribution in [2.45, 2.75) is 13.3 Å². The SMILES string of the molecule is CCC(=C(c1ccc(O)cc1)c1ccc(OCCN2CC(CF)C2)cc1)c1ccccc1. The normalized spacial score (nSPS) is 15.2. The van der Waals surface area contributed by atoms with Crippen molar-refractivity contribution in [1.29, 1.82) is 0 Å². The van der Waals surface area contributed by atoms with Crippen molar-refractivity contribution in [2.24, 2.45) is 5.92 Å². The Bertz CT molecular complexity index is 1020. The number of alkyl halides is 1. The average Bonchev–Trinajstić information content (AvgIpc) is 2.81. The number of likely N-dealkylation sites (tertiary alicyclic amines) is 1. The molecule has 4 rings (SSSR count). The molecule has 1 aliphatic rings. The van der Waals surface area contributed by atoms with Gasteiger partial charge in [-0.1, -0.05) is 61.5 Å². The molecule has 0 unspecified atom stereocenters. The van der Waals surface area contributed by atoms with Crippen molar-refractivity contribution < 1.29 is 14.2 Å². The molecule has 0 amide bonds. The van der Waals surface area contributed by atoms with E-state index in [9.17, 15) is 9.50 Å². The summed E-state index contributed by atoms with van der Waals surface area (Å²) in [6.45, 7) is 5.04. The number of benzene rings is 3. The van der Waals surface area contributed by atoms with Gasteiger partial charge >= 0.3 is 0 Å². The summed E-state index contributed by atoms with van der Waals surface area (Å²) in [5, 5.41) is 9.78. The van der Waals surface area contributed by atoms with Crippen LogP contribution in [0.25, 0.3) is 11.1 Å². The van der Waals surface area contributed by atoms with Gasteiger partial charge in [-0.05, 0) is 58.5 Å². The van der Waals surface area contributed by atoms with Crippen LogP contribution in [0, 0.1) is 5.92 Å². The largest absolute Gasteiger partial charge is 0.508 e. The summed E-state index contributed by atoms with van der Waals surface area (Å²) in [5.74, 6) is 1.30. The second-order valence-corrected chi connectivity index (χ2v) is 8.27. The van der Waals surface area contributed by atoms with Crippen molar-refractivity contribution in [2.75, 3.05) is 32.9 Å². The Balaban J connectivity index is 1.56. The van der Waals surface area contributed by atoms with E-state index in [2.05, 4.69) is 48.2 Å². The van der Waals surface area contributed by atoms with E-state index in [1.165, 1.54) is 11.1 Å². The van der Waals surface area contributed by atoms with Gasteiger partial charge in [-0.2, -0.15) is 0 Å². The van der Waals surface area contributed by atoms with Crippen molar-refractivity contribution >= 4 is 11.1 Å². The van der Waals surface area contributed by atoms with E-state index < -0.39 is 0 Å². The van der Waals surface area contributed by atoms with Crippen molar-refractivity contribution in [3.63, 3.8) is 0 Å². The molecule has 3 aromatic rings. The number of allylic oxidation sites excluding steroid dienone is 1. The molecule has 0 bridgehead atoms. The van der Waals surface area contributed by atoms with Crippen molar-refractivity contribution in [3.8, 4) is 11.5 Å². The highest BCUT2D eigenvalue weighted by Gasteiger charge is 2.25. The first kappa shape index (κ1) is 22.1. The fraction of sp³-hybridized carbons (Fsp3) is 0.286. The molecule has 0 saturated carbocycles. The Labute approximate surface area is 189 Å². The Morgan fingerprint density at radius 3 is 2.12 bits per heavy atom. The molecule has 32 heavy (non-hydrogen) atoms. The minimum absolute atomic E-state index is 0.205. The highest BCUT2D eigenvalue weighted by molar-refractivity contribution is 5.98. The molecule has 1 heterocycles. The molecule has 0 radical (unpaired) electrons. The number of hydrogen-bond acceptors (Lipinski definition) is 3. The van der Waals surface area contributed by atoms with Gasteiger partial charge in [0.2, 0.25) is 0 Å². The summed E-state index contributed by atoms with van der Waals surface area (Å²) < 4.78 is 18.5. The van der Waals surface area contributed by atoms with Crippen LogP contribution >= 0.6 is 0 Å². The highest BCUT2D eigenvalue weighted by Crippen LogP contribution is 2.35. The predicted molar refractivity (Wildman–Crippen MR) is 129 cm³/mol. The number of phenols is 1. The van der Waals surface area contributed by atoms with Crippen LogP contribution in [-0.4, -0.2) is 42.9 Å². The molecule has 1 N–H and O–H groups in total. The maximum atomic E-state index is 12.6. The molecular formula is C28H30FNO2. The number of phenolic OH excluding ortho intramolecular Hbond substituents is 1. The standard InChI is InChI=1S/C28H30FNO2/c1-2-27(22-6-4-3-5-7-22)28(23-8-12-25(31)13-9-23)24-10-14-26(15-11-24)32-17-16-30-19-21(18-29)20-30/h3-15,21,31H,2,16-20H2,1H3. The lowest BCUT2D eigenvalue weighted by molar-refractivity contribution is 0.0668. The van der Waals surface area contributed by atoms with Gasteiger partial charge in [0.05, 0.1) is 6.67 Å². The molecule has 0 aromatic heterocycles. The van der Waals surface area contributed by atoms with Crippen LogP contribution in [0.1, 0.15) is 30.0 Å². The van der Waals surface area contributed by atoms with Gasteiger partial charge < -0.3 is 9.84 Å². The first-order valence-electron chi connectivity index (χ1n) is 11.3. The van der Waals surface area contributed by atoms with Crippen molar-refractivity contribution in [3.05, 3.63) is 95.6 Å². The van der Waals surface area contributed by atoms with Crippen molar-refractivity contribution in [1.82, 2.24) is 4.90 Å². The molecule has 3 aromatic carbocycles. The van der Waals surface area contributed by atoms with Gasteiger partial charge in [0, 0.05) is 25.6 Å². The Morgan fingerprint density at radius 2 is 1.53 bits per heavy atom.